The topological polar surface area (TPSA) is 99.7 Å². The van der Waals surface area contributed by atoms with Crippen LogP contribution in [0.4, 0.5) is 10.2 Å². The number of hydrogen-bond acceptors (Lipinski definition) is 5. The number of nitrogens with zero attached hydrogens (tertiary/aromatic N) is 3. The molecule has 0 aliphatic carbocycles. The zero-order valence-corrected chi connectivity index (χ0v) is 17.5. The van der Waals surface area contributed by atoms with Crippen LogP contribution in [0.25, 0.3) is 0 Å². The number of carbonyl (C=O) groups is 2. The minimum atomic E-state index is -3.60. The fraction of sp³-hybridized carbons (Fsp3) is 0.350. The molecule has 0 spiro atoms. The standard InChI is InChI=1S/C20H23FN4O4S/c1-24(2)30(28,29)17-9-10-18(22-12-17)23-19(26)15-4-3-11-25(13-15)20(27)14-5-7-16(21)8-6-14/h5-10,12,15H,3-4,11,13H2,1-2H3,(H,22,23,26). The van der Waals surface area contributed by atoms with Gasteiger partial charge in [-0.1, -0.05) is 0 Å². The van der Waals surface area contributed by atoms with Crippen molar-refractivity contribution in [2.45, 2.75) is 17.7 Å². The van der Waals surface area contributed by atoms with Crippen LogP contribution >= 0.6 is 0 Å². The molecule has 1 fully saturated rings. The summed E-state index contributed by atoms with van der Waals surface area (Å²) >= 11 is 0. The molecule has 1 aliphatic rings. The lowest BCUT2D eigenvalue weighted by atomic mass is 9.96. The van der Waals surface area contributed by atoms with Crippen molar-refractivity contribution in [1.82, 2.24) is 14.2 Å². The van der Waals surface area contributed by atoms with Crippen molar-refractivity contribution in [2.75, 3.05) is 32.5 Å². The first-order valence-corrected chi connectivity index (χ1v) is 10.9. The van der Waals surface area contributed by atoms with Crippen molar-refractivity contribution in [3.05, 3.63) is 54.0 Å². The first-order valence-electron chi connectivity index (χ1n) is 9.43. The molecular formula is C20H23FN4O4S. The molecule has 3 rings (SSSR count). The molecule has 30 heavy (non-hydrogen) atoms. The molecule has 1 unspecified atom stereocenters. The Bertz CT molecular complexity index is 1020. The second-order valence-electron chi connectivity index (χ2n) is 7.25. The van der Waals surface area contributed by atoms with Gasteiger partial charge in [-0.3, -0.25) is 9.59 Å². The lowest BCUT2D eigenvalue weighted by molar-refractivity contribution is -0.121. The maximum Gasteiger partial charge on any atom is 0.253 e. The number of anilines is 1. The lowest BCUT2D eigenvalue weighted by Gasteiger charge is -2.32. The van der Waals surface area contributed by atoms with Gasteiger partial charge in [0, 0.05) is 38.9 Å². The maximum atomic E-state index is 13.1. The van der Waals surface area contributed by atoms with Crippen molar-refractivity contribution in [2.24, 2.45) is 5.92 Å². The van der Waals surface area contributed by atoms with Gasteiger partial charge in [-0.25, -0.2) is 22.1 Å². The summed E-state index contributed by atoms with van der Waals surface area (Å²) in [5.41, 5.74) is 0.372. The van der Waals surface area contributed by atoms with E-state index in [1.165, 1.54) is 56.7 Å². The van der Waals surface area contributed by atoms with Crippen molar-refractivity contribution < 1.29 is 22.4 Å². The zero-order valence-electron chi connectivity index (χ0n) is 16.7. The smallest absolute Gasteiger partial charge is 0.253 e. The fourth-order valence-electron chi connectivity index (χ4n) is 3.20. The van der Waals surface area contributed by atoms with Crippen molar-refractivity contribution in [3.63, 3.8) is 0 Å². The van der Waals surface area contributed by atoms with Gasteiger partial charge in [0.05, 0.1) is 5.92 Å². The molecule has 1 saturated heterocycles. The number of aromatic nitrogens is 1. The minimum Gasteiger partial charge on any atom is -0.338 e. The van der Waals surface area contributed by atoms with Gasteiger partial charge in [0.15, 0.2) is 0 Å². The number of halogens is 1. The Balaban J connectivity index is 1.64. The number of nitrogens with one attached hydrogen (secondary N) is 1. The van der Waals surface area contributed by atoms with E-state index in [1.54, 1.807) is 4.90 Å². The average molecular weight is 434 g/mol. The minimum absolute atomic E-state index is 0.0271. The molecule has 10 heteroatoms. The summed E-state index contributed by atoms with van der Waals surface area (Å²) in [7, 11) is -0.751. The van der Waals surface area contributed by atoms with E-state index in [4.69, 9.17) is 0 Å². The molecule has 160 valence electrons. The number of likely N-dealkylation sites (tertiary alicyclic amines) is 1. The number of carbonyl (C=O) groups excluding carboxylic acids is 2. The predicted octanol–water partition coefficient (Wildman–Crippen LogP) is 1.96. The quantitative estimate of drug-likeness (QED) is 0.776. The first kappa shape index (κ1) is 21.8. The van der Waals surface area contributed by atoms with Gasteiger partial charge in [0.2, 0.25) is 15.9 Å². The number of pyridine rings is 1. The summed E-state index contributed by atoms with van der Waals surface area (Å²) in [6.45, 7) is 0.768. The molecular weight excluding hydrogens is 411 g/mol. The monoisotopic (exact) mass is 434 g/mol. The number of benzene rings is 1. The van der Waals surface area contributed by atoms with E-state index in [2.05, 4.69) is 10.3 Å². The highest BCUT2D eigenvalue weighted by atomic mass is 32.2. The second-order valence-corrected chi connectivity index (χ2v) is 9.40. The van der Waals surface area contributed by atoms with Crippen molar-refractivity contribution in [3.8, 4) is 0 Å². The molecule has 1 aliphatic heterocycles. The van der Waals surface area contributed by atoms with Crippen LogP contribution in [0.1, 0.15) is 23.2 Å². The highest BCUT2D eigenvalue weighted by Crippen LogP contribution is 2.21. The normalized spacial score (nSPS) is 17.1. The van der Waals surface area contributed by atoms with E-state index >= 15 is 0 Å². The van der Waals surface area contributed by atoms with E-state index < -0.39 is 21.8 Å². The molecule has 1 aromatic heterocycles. The average Bonchev–Trinajstić information content (AvgIpc) is 2.74. The van der Waals surface area contributed by atoms with Gasteiger partial charge in [0.25, 0.3) is 5.91 Å². The largest absolute Gasteiger partial charge is 0.338 e. The maximum absolute atomic E-state index is 13.1. The molecule has 1 aromatic carbocycles. The Morgan fingerprint density at radius 3 is 2.47 bits per heavy atom. The van der Waals surface area contributed by atoms with E-state index in [9.17, 15) is 22.4 Å². The van der Waals surface area contributed by atoms with Crippen molar-refractivity contribution >= 4 is 27.7 Å². The Morgan fingerprint density at radius 1 is 1.17 bits per heavy atom. The molecule has 0 bridgehead atoms. The van der Waals surface area contributed by atoms with Gasteiger partial charge in [0.1, 0.15) is 16.5 Å². The summed E-state index contributed by atoms with van der Waals surface area (Å²) in [6, 6.07) is 8.12. The van der Waals surface area contributed by atoms with Gasteiger partial charge in [-0.2, -0.15) is 0 Å². The Labute approximate surface area is 174 Å². The summed E-state index contributed by atoms with van der Waals surface area (Å²) in [4.78, 5) is 30.9. The van der Waals surface area contributed by atoms with Crippen LogP contribution in [-0.4, -0.2) is 61.6 Å². The van der Waals surface area contributed by atoms with Gasteiger partial charge >= 0.3 is 0 Å². The Hall–Kier alpha value is -2.85. The SMILES string of the molecule is CN(C)S(=O)(=O)c1ccc(NC(=O)C2CCCN(C(=O)c3ccc(F)cc3)C2)nc1. The Morgan fingerprint density at radius 2 is 1.87 bits per heavy atom. The van der Waals surface area contributed by atoms with E-state index in [0.717, 1.165) is 4.31 Å². The molecule has 2 heterocycles. The molecule has 1 N–H and O–H groups in total. The van der Waals surface area contributed by atoms with Gasteiger partial charge < -0.3 is 10.2 Å². The summed E-state index contributed by atoms with van der Waals surface area (Å²) in [5, 5.41) is 2.68. The number of sulfonamides is 1. The summed E-state index contributed by atoms with van der Waals surface area (Å²) < 4.78 is 38.3. The van der Waals surface area contributed by atoms with E-state index in [0.29, 0.717) is 24.9 Å². The van der Waals surface area contributed by atoms with E-state index in [1.807, 2.05) is 0 Å². The van der Waals surface area contributed by atoms with Crippen LogP contribution in [0, 0.1) is 11.7 Å². The molecule has 8 nitrogen and oxygen atoms in total. The third-order valence-corrected chi connectivity index (χ3v) is 6.74. The van der Waals surface area contributed by atoms with Crippen LogP contribution in [0.2, 0.25) is 0 Å². The molecule has 1 atom stereocenters. The summed E-state index contributed by atoms with van der Waals surface area (Å²) in [6.07, 6.45) is 2.47. The third kappa shape index (κ3) is 4.82. The number of hydrogen-bond donors (Lipinski definition) is 1. The van der Waals surface area contributed by atoms with Crippen LogP contribution in [0.5, 0.6) is 0 Å². The van der Waals surface area contributed by atoms with Crippen LogP contribution in [0.15, 0.2) is 47.5 Å². The Kier molecular flexibility index (Phi) is 6.47. The van der Waals surface area contributed by atoms with Crippen molar-refractivity contribution in [1.29, 1.82) is 0 Å². The van der Waals surface area contributed by atoms with Crippen LogP contribution in [0.3, 0.4) is 0 Å². The molecule has 2 amide bonds. The van der Waals surface area contributed by atoms with Gasteiger partial charge in [-0.15, -0.1) is 0 Å². The van der Waals surface area contributed by atoms with E-state index in [-0.39, 0.29) is 29.1 Å². The summed E-state index contributed by atoms with van der Waals surface area (Å²) in [5.74, 6) is -1.14. The zero-order chi connectivity index (χ0) is 21.9. The predicted molar refractivity (Wildman–Crippen MR) is 109 cm³/mol. The number of rotatable bonds is 5. The fourth-order valence-corrected chi connectivity index (χ4v) is 4.04. The molecule has 0 radical (unpaired) electrons. The second kappa shape index (κ2) is 8.88. The number of piperidine rings is 1. The highest BCUT2D eigenvalue weighted by Gasteiger charge is 2.29. The van der Waals surface area contributed by atoms with Crippen LogP contribution in [-0.2, 0) is 14.8 Å². The molecule has 2 aromatic rings. The van der Waals surface area contributed by atoms with Gasteiger partial charge in [-0.05, 0) is 49.2 Å². The van der Waals surface area contributed by atoms with Crippen LogP contribution < -0.4 is 5.32 Å². The first-order chi connectivity index (χ1) is 14.2. The third-order valence-electron chi connectivity index (χ3n) is 4.94. The highest BCUT2D eigenvalue weighted by molar-refractivity contribution is 7.89. The molecule has 0 saturated carbocycles. The lowest BCUT2D eigenvalue weighted by Crippen LogP contribution is -2.43. The number of amides is 2.